The minimum Gasteiger partial charge on any atom is -0.367 e. The van der Waals surface area contributed by atoms with Gasteiger partial charge >= 0.3 is 0 Å². The van der Waals surface area contributed by atoms with E-state index in [9.17, 15) is 0 Å². The maximum Gasteiger partial charge on any atom is 0.0429 e. The number of hydrogen-bond acceptors (Lipinski definition) is 3. The molecule has 1 aromatic rings. The third-order valence-electron chi connectivity index (χ3n) is 2.77. The van der Waals surface area contributed by atoms with Crippen LogP contribution in [0.3, 0.4) is 0 Å². The molecular formula is C12H19N3. The Kier molecular flexibility index (Phi) is 2.91. The molecule has 1 heterocycles. The summed E-state index contributed by atoms with van der Waals surface area (Å²) < 4.78 is 0. The van der Waals surface area contributed by atoms with Gasteiger partial charge in [0.15, 0.2) is 0 Å². The maximum absolute atomic E-state index is 5.89. The molecule has 0 aliphatic heterocycles. The second-order valence-corrected chi connectivity index (χ2v) is 4.52. The van der Waals surface area contributed by atoms with Crippen molar-refractivity contribution in [2.24, 2.45) is 5.73 Å². The standard InChI is InChI=1S/C12H19N3/c1-9-7-14-6-5-12(9)15(8-10(2)13)11-3-4-11/h5-7,10-11H,3-4,8,13H2,1-2H3. The van der Waals surface area contributed by atoms with Gasteiger partial charge in [0.1, 0.15) is 0 Å². The molecule has 0 saturated heterocycles. The zero-order valence-corrected chi connectivity index (χ0v) is 9.48. The molecule has 0 radical (unpaired) electrons. The van der Waals surface area contributed by atoms with Gasteiger partial charge < -0.3 is 10.6 Å². The first-order valence-electron chi connectivity index (χ1n) is 5.61. The third kappa shape index (κ3) is 2.48. The molecule has 82 valence electrons. The summed E-state index contributed by atoms with van der Waals surface area (Å²) in [4.78, 5) is 6.56. The molecule has 0 aromatic carbocycles. The Balaban J connectivity index is 2.20. The van der Waals surface area contributed by atoms with E-state index >= 15 is 0 Å². The molecule has 0 amide bonds. The summed E-state index contributed by atoms with van der Waals surface area (Å²) in [6, 6.07) is 3.02. The van der Waals surface area contributed by atoms with Crippen molar-refractivity contribution in [1.29, 1.82) is 0 Å². The largest absolute Gasteiger partial charge is 0.367 e. The lowest BCUT2D eigenvalue weighted by atomic mass is 10.2. The molecule has 1 fully saturated rings. The summed E-state index contributed by atoms with van der Waals surface area (Å²) in [6.45, 7) is 5.11. The first kappa shape index (κ1) is 10.4. The van der Waals surface area contributed by atoms with Crippen LogP contribution in [0.5, 0.6) is 0 Å². The van der Waals surface area contributed by atoms with Crippen LogP contribution in [0.2, 0.25) is 0 Å². The summed E-state index contributed by atoms with van der Waals surface area (Å²) in [5, 5.41) is 0. The first-order valence-corrected chi connectivity index (χ1v) is 5.61. The van der Waals surface area contributed by atoms with E-state index in [2.05, 4.69) is 29.8 Å². The summed E-state index contributed by atoms with van der Waals surface area (Å²) in [6.07, 6.45) is 6.38. The van der Waals surface area contributed by atoms with Gasteiger partial charge in [0.05, 0.1) is 0 Å². The van der Waals surface area contributed by atoms with Crippen molar-refractivity contribution in [3.63, 3.8) is 0 Å². The van der Waals surface area contributed by atoms with Crippen LogP contribution < -0.4 is 10.6 Å². The number of aromatic nitrogens is 1. The quantitative estimate of drug-likeness (QED) is 0.813. The molecule has 3 heteroatoms. The molecule has 3 nitrogen and oxygen atoms in total. The number of nitrogens with zero attached hydrogens (tertiary/aromatic N) is 2. The normalized spacial score (nSPS) is 17.5. The summed E-state index contributed by atoms with van der Waals surface area (Å²) in [5.41, 5.74) is 8.43. The summed E-state index contributed by atoms with van der Waals surface area (Å²) >= 11 is 0. The van der Waals surface area contributed by atoms with Gasteiger partial charge in [-0.3, -0.25) is 4.98 Å². The molecular weight excluding hydrogens is 186 g/mol. The number of hydrogen-bond donors (Lipinski definition) is 1. The minimum atomic E-state index is 0.221. The Morgan fingerprint density at radius 1 is 1.60 bits per heavy atom. The van der Waals surface area contributed by atoms with E-state index in [-0.39, 0.29) is 6.04 Å². The number of aryl methyl sites for hydroxylation is 1. The van der Waals surface area contributed by atoms with E-state index in [1.165, 1.54) is 24.1 Å². The van der Waals surface area contributed by atoms with Crippen molar-refractivity contribution in [1.82, 2.24) is 4.98 Å². The zero-order valence-electron chi connectivity index (χ0n) is 9.48. The predicted molar refractivity (Wildman–Crippen MR) is 63.0 cm³/mol. The van der Waals surface area contributed by atoms with Crippen molar-refractivity contribution in [3.05, 3.63) is 24.0 Å². The lowest BCUT2D eigenvalue weighted by molar-refractivity contribution is 0.672. The van der Waals surface area contributed by atoms with Crippen LogP contribution in [-0.2, 0) is 0 Å². The fourth-order valence-corrected chi connectivity index (χ4v) is 1.93. The highest BCUT2D eigenvalue weighted by atomic mass is 15.2. The van der Waals surface area contributed by atoms with E-state index < -0.39 is 0 Å². The fraction of sp³-hybridized carbons (Fsp3) is 0.583. The average molecular weight is 205 g/mol. The van der Waals surface area contributed by atoms with Crippen LogP contribution >= 0.6 is 0 Å². The predicted octanol–water partition coefficient (Wildman–Crippen LogP) is 1.71. The molecule has 0 spiro atoms. The number of nitrogens with two attached hydrogens (primary N) is 1. The smallest absolute Gasteiger partial charge is 0.0429 e. The second kappa shape index (κ2) is 4.19. The summed E-state index contributed by atoms with van der Waals surface area (Å²) in [7, 11) is 0. The highest BCUT2D eigenvalue weighted by Crippen LogP contribution is 2.32. The topological polar surface area (TPSA) is 42.2 Å². The first-order chi connectivity index (χ1) is 7.18. The van der Waals surface area contributed by atoms with Crippen molar-refractivity contribution in [2.45, 2.75) is 38.8 Å². The molecule has 15 heavy (non-hydrogen) atoms. The fourth-order valence-electron chi connectivity index (χ4n) is 1.93. The van der Waals surface area contributed by atoms with Crippen molar-refractivity contribution >= 4 is 5.69 Å². The van der Waals surface area contributed by atoms with Gasteiger partial charge in [-0.1, -0.05) is 0 Å². The van der Waals surface area contributed by atoms with Gasteiger partial charge in [-0.25, -0.2) is 0 Å². The van der Waals surface area contributed by atoms with Gasteiger partial charge in [-0.15, -0.1) is 0 Å². The zero-order chi connectivity index (χ0) is 10.8. The molecule has 1 aromatic heterocycles. The Hall–Kier alpha value is -1.09. The molecule has 2 N–H and O–H groups in total. The van der Waals surface area contributed by atoms with E-state index in [1.54, 1.807) is 0 Å². The van der Waals surface area contributed by atoms with Crippen LogP contribution in [0.15, 0.2) is 18.5 Å². The van der Waals surface area contributed by atoms with Gasteiger partial charge in [-0.2, -0.15) is 0 Å². The second-order valence-electron chi connectivity index (χ2n) is 4.52. The Morgan fingerprint density at radius 2 is 2.33 bits per heavy atom. The minimum absolute atomic E-state index is 0.221. The lowest BCUT2D eigenvalue weighted by Gasteiger charge is -2.27. The highest BCUT2D eigenvalue weighted by molar-refractivity contribution is 5.53. The van der Waals surface area contributed by atoms with Crippen LogP contribution in [0.1, 0.15) is 25.3 Å². The number of rotatable bonds is 4. The Labute approximate surface area is 91.3 Å². The van der Waals surface area contributed by atoms with E-state index in [0.29, 0.717) is 6.04 Å². The van der Waals surface area contributed by atoms with Crippen molar-refractivity contribution in [3.8, 4) is 0 Å². The summed E-state index contributed by atoms with van der Waals surface area (Å²) in [5.74, 6) is 0. The SMILES string of the molecule is Cc1cnccc1N(CC(C)N)C1CC1. The van der Waals surface area contributed by atoms with Crippen LogP contribution in [0.25, 0.3) is 0 Å². The molecule has 1 aliphatic rings. The average Bonchev–Trinajstić information content (AvgIpc) is 2.98. The molecule has 1 saturated carbocycles. The highest BCUT2D eigenvalue weighted by Gasteiger charge is 2.30. The molecule has 2 rings (SSSR count). The van der Waals surface area contributed by atoms with Crippen LogP contribution in [0.4, 0.5) is 5.69 Å². The Bertz CT molecular complexity index is 331. The van der Waals surface area contributed by atoms with Gasteiger partial charge in [-0.05, 0) is 38.3 Å². The maximum atomic E-state index is 5.89. The third-order valence-corrected chi connectivity index (χ3v) is 2.77. The Morgan fingerprint density at radius 3 is 2.87 bits per heavy atom. The van der Waals surface area contributed by atoms with Crippen LogP contribution in [-0.4, -0.2) is 23.6 Å². The monoisotopic (exact) mass is 205 g/mol. The van der Waals surface area contributed by atoms with E-state index in [4.69, 9.17) is 5.73 Å². The van der Waals surface area contributed by atoms with Gasteiger partial charge in [0.25, 0.3) is 0 Å². The van der Waals surface area contributed by atoms with Gasteiger partial charge in [0.2, 0.25) is 0 Å². The lowest BCUT2D eigenvalue weighted by Crippen LogP contribution is -2.37. The van der Waals surface area contributed by atoms with E-state index in [0.717, 1.165) is 6.54 Å². The number of anilines is 1. The van der Waals surface area contributed by atoms with Crippen molar-refractivity contribution in [2.75, 3.05) is 11.4 Å². The molecule has 1 aliphatic carbocycles. The van der Waals surface area contributed by atoms with Gasteiger partial charge in [0, 0.05) is 36.7 Å². The molecule has 1 unspecified atom stereocenters. The molecule has 0 bridgehead atoms. The molecule has 1 atom stereocenters. The van der Waals surface area contributed by atoms with Crippen LogP contribution in [0, 0.1) is 6.92 Å². The number of pyridine rings is 1. The van der Waals surface area contributed by atoms with Crippen molar-refractivity contribution < 1.29 is 0 Å². The van der Waals surface area contributed by atoms with E-state index in [1.807, 2.05) is 12.4 Å².